The summed E-state index contributed by atoms with van der Waals surface area (Å²) in [6, 6.07) is 0. The number of unbranched alkanes of at least 4 members (excludes halogenated alkanes) is 24. The van der Waals surface area contributed by atoms with E-state index in [0.29, 0.717) is 19.3 Å². The molecule has 348 valence electrons. The van der Waals surface area contributed by atoms with Gasteiger partial charge in [-0.1, -0.05) is 190 Å². The summed E-state index contributed by atoms with van der Waals surface area (Å²) in [6.07, 6.45) is 64.3. The van der Waals surface area contributed by atoms with Gasteiger partial charge in [0.15, 0.2) is 0 Å². The van der Waals surface area contributed by atoms with Crippen LogP contribution < -0.4 is 0 Å². The summed E-state index contributed by atoms with van der Waals surface area (Å²) in [6.45, 7) is 6.70. The normalized spacial score (nSPS) is 12.0. The molecule has 0 fully saturated rings. The molecule has 7 heteroatoms. The van der Waals surface area contributed by atoms with Gasteiger partial charge in [0.2, 0.25) is 0 Å². The molecular formula is C54H93AlO6. The molecule has 0 aliphatic rings. The second kappa shape index (κ2) is 50.0. The van der Waals surface area contributed by atoms with Crippen molar-refractivity contribution in [3.05, 3.63) is 72.9 Å². The molecule has 61 heavy (non-hydrogen) atoms. The molecule has 6 nitrogen and oxygen atoms in total. The Kier molecular flexibility index (Phi) is 47.9. The fourth-order valence-electron chi connectivity index (χ4n) is 6.81. The van der Waals surface area contributed by atoms with E-state index < -0.39 is 33.1 Å². The Bertz CT molecular complexity index is 1030. The van der Waals surface area contributed by atoms with Crippen LogP contribution in [0.5, 0.6) is 0 Å². The summed E-state index contributed by atoms with van der Waals surface area (Å²) in [7, 11) is 0. The van der Waals surface area contributed by atoms with Gasteiger partial charge in [-0.05, 0) is 116 Å². The number of hydrogen-bond donors (Lipinski definition) is 0. The van der Waals surface area contributed by atoms with Gasteiger partial charge in [0.1, 0.15) is 0 Å². The van der Waals surface area contributed by atoms with E-state index in [-0.39, 0.29) is 19.3 Å². The summed E-state index contributed by atoms with van der Waals surface area (Å²) >= 11 is -3.28. The highest BCUT2D eigenvalue weighted by atomic mass is 27.3. The van der Waals surface area contributed by atoms with E-state index in [2.05, 4.69) is 93.7 Å². The van der Waals surface area contributed by atoms with Crippen molar-refractivity contribution in [3.63, 3.8) is 0 Å². The molecule has 0 amide bonds. The fraction of sp³-hybridized carbons (Fsp3) is 0.722. The third-order valence-electron chi connectivity index (χ3n) is 10.7. The minimum Gasteiger partial charge on any atom is -0.551 e. The molecule has 0 aromatic carbocycles. The summed E-state index contributed by atoms with van der Waals surface area (Å²) < 4.78 is 16.6. The Morgan fingerprint density at radius 1 is 0.295 bits per heavy atom. The largest absolute Gasteiger partial charge is 1.20 e. The molecule has 0 spiro atoms. The molecule has 0 unspecified atom stereocenters. The van der Waals surface area contributed by atoms with Crippen molar-refractivity contribution >= 4 is 33.1 Å². The van der Waals surface area contributed by atoms with Crippen LogP contribution in [0.25, 0.3) is 0 Å². The van der Waals surface area contributed by atoms with Crippen LogP contribution in [0.4, 0.5) is 0 Å². The zero-order chi connectivity index (χ0) is 44.4. The average molecular weight is 865 g/mol. The van der Waals surface area contributed by atoms with Gasteiger partial charge in [-0.3, -0.25) is 14.4 Å². The highest BCUT2D eigenvalue weighted by Crippen LogP contribution is 2.14. The van der Waals surface area contributed by atoms with E-state index in [1.165, 1.54) is 77.0 Å². The maximum atomic E-state index is 12.8. The standard InChI is InChI=1S/3C18H32O2.Al/c3*1-2-3-4-5-6-7-8-9-10-11-12-13-14-15-16-17-18(19)20;/h3*6-7,9-10H,2-5,8,11-17H2,1H3,(H,19,20);/q;;;+3/p-3. The SMILES string of the molecule is CCCCCC=CCC=CCCCCCCCC(=O)[O][Al]([O]C(=O)CCCCCCCC=CCC=CCCCCC)[O]C(=O)CCCCCCCC=CCC=CCCCCC. The molecule has 0 atom stereocenters. The van der Waals surface area contributed by atoms with E-state index in [1.807, 2.05) is 0 Å². The van der Waals surface area contributed by atoms with Crippen molar-refractivity contribution in [2.24, 2.45) is 0 Å². The molecule has 0 N–H and O–H groups in total. The van der Waals surface area contributed by atoms with Crippen LogP contribution in [0.1, 0.15) is 252 Å². The van der Waals surface area contributed by atoms with E-state index in [1.54, 1.807) is 0 Å². The second-order valence-electron chi connectivity index (χ2n) is 16.7. The van der Waals surface area contributed by atoms with Gasteiger partial charge in [0.25, 0.3) is 17.9 Å². The van der Waals surface area contributed by atoms with Crippen LogP contribution in [-0.2, 0) is 25.7 Å². The van der Waals surface area contributed by atoms with Gasteiger partial charge in [-0.25, -0.2) is 0 Å². The molecule has 0 bridgehead atoms. The molecule has 0 aromatic heterocycles. The molecule has 0 saturated heterocycles. The summed E-state index contributed by atoms with van der Waals surface area (Å²) in [5, 5.41) is 0. The summed E-state index contributed by atoms with van der Waals surface area (Å²) in [5.41, 5.74) is 0. The first-order valence-corrected chi connectivity index (χ1v) is 26.9. The van der Waals surface area contributed by atoms with Crippen LogP contribution >= 0.6 is 0 Å². The van der Waals surface area contributed by atoms with Gasteiger partial charge in [-0.15, -0.1) is 0 Å². The predicted molar refractivity (Wildman–Crippen MR) is 262 cm³/mol. The topological polar surface area (TPSA) is 78.9 Å². The van der Waals surface area contributed by atoms with Crippen molar-refractivity contribution in [2.45, 2.75) is 252 Å². The van der Waals surface area contributed by atoms with E-state index in [0.717, 1.165) is 116 Å². The molecule has 0 radical (unpaired) electrons. The molecule has 0 saturated carbocycles. The number of rotatable bonds is 45. The minimum absolute atomic E-state index is 0.235. The molecular weight excluding hydrogens is 772 g/mol. The predicted octanol–water partition coefficient (Wildman–Crippen LogP) is 17.0. The van der Waals surface area contributed by atoms with Crippen LogP contribution in [0.3, 0.4) is 0 Å². The summed E-state index contributed by atoms with van der Waals surface area (Å²) in [4.78, 5) is 38.3. The lowest BCUT2D eigenvalue weighted by molar-refractivity contribution is -0.148. The van der Waals surface area contributed by atoms with Crippen LogP contribution in [-0.4, -0.2) is 33.1 Å². The van der Waals surface area contributed by atoms with E-state index in [9.17, 15) is 14.4 Å². The zero-order valence-electron chi connectivity index (χ0n) is 39.9. The molecule has 0 rings (SSSR count). The first-order chi connectivity index (χ1) is 30.0. The molecule has 0 aliphatic carbocycles. The Hall–Kier alpha value is -2.62. The maximum absolute atomic E-state index is 12.8. The lowest BCUT2D eigenvalue weighted by Crippen LogP contribution is -2.34. The van der Waals surface area contributed by atoms with Crippen LogP contribution in [0.2, 0.25) is 0 Å². The van der Waals surface area contributed by atoms with Crippen molar-refractivity contribution in [3.8, 4) is 0 Å². The fourth-order valence-corrected chi connectivity index (χ4v) is 7.96. The van der Waals surface area contributed by atoms with Crippen molar-refractivity contribution < 1.29 is 25.7 Å². The third-order valence-corrected chi connectivity index (χ3v) is 12.0. The Morgan fingerprint density at radius 3 is 0.754 bits per heavy atom. The smallest absolute Gasteiger partial charge is 0.551 e. The van der Waals surface area contributed by atoms with Gasteiger partial charge in [0, 0.05) is 19.3 Å². The van der Waals surface area contributed by atoms with Crippen molar-refractivity contribution in [1.29, 1.82) is 0 Å². The number of hydrogen-bond acceptors (Lipinski definition) is 6. The Balaban J connectivity index is 4.49. The van der Waals surface area contributed by atoms with Gasteiger partial charge in [-0.2, -0.15) is 0 Å². The van der Waals surface area contributed by atoms with Crippen molar-refractivity contribution in [2.75, 3.05) is 0 Å². The first-order valence-electron chi connectivity index (χ1n) is 25.5. The lowest BCUT2D eigenvalue weighted by Gasteiger charge is -2.14. The summed E-state index contributed by atoms with van der Waals surface area (Å²) in [5.74, 6) is -1.34. The third kappa shape index (κ3) is 48.3. The minimum atomic E-state index is -3.28. The molecule has 0 heterocycles. The van der Waals surface area contributed by atoms with Crippen molar-refractivity contribution in [1.82, 2.24) is 0 Å². The first kappa shape index (κ1) is 58.4. The lowest BCUT2D eigenvalue weighted by atomic mass is 10.1. The Morgan fingerprint density at radius 2 is 0.508 bits per heavy atom. The molecule has 0 aromatic rings. The number of carbonyl (C=O) groups is 3. The second-order valence-corrected chi connectivity index (χ2v) is 18.0. The highest BCUT2D eigenvalue weighted by Gasteiger charge is 2.48. The number of allylic oxidation sites excluding steroid dienone is 12. The van der Waals surface area contributed by atoms with E-state index >= 15 is 0 Å². The molecule has 0 aliphatic heterocycles. The van der Waals surface area contributed by atoms with Gasteiger partial charge < -0.3 is 11.4 Å². The number of carbonyl (C=O) groups excluding carboxylic acids is 3. The van der Waals surface area contributed by atoms with Gasteiger partial charge >= 0.3 is 15.1 Å². The highest BCUT2D eigenvalue weighted by molar-refractivity contribution is 6.44. The quantitative estimate of drug-likeness (QED) is 0.0345. The van der Waals surface area contributed by atoms with Gasteiger partial charge in [0.05, 0.1) is 0 Å². The monoisotopic (exact) mass is 865 g/mol. The zero-order valence-corrected chi connectivity index (χ0v) is 41.1. The maximum Gasteiger partial charge on any atom is 1.20 e. The van der Waals surface area contributed by atoms with Crippen LogP contribution in [0, 0.1) is 0 Å². The van der Waals surface area contributed by atoms with Crippen LogP contribution in [0.15, 0.2) is 72.9 Å². The average Bonchev–Trinajstić information content (AvgIpc) is 3.25. The van der Waals surface area contributed by atoms with E-state index in [4.69, 9.17) is 11.4 Å². The Labute approximate surface area is 382 Å².